The summed E-state index contributed by atoms with van der Waals surface area (Å²) >= 11 is 2.75. The molecule has 0 N–H and O–H groups in total. The van der Waals surface area contributed by atoms with Crippen molar-refractivity contribution in [1.29, 1.82) is 0 Å². The Labute approximate surface area is 139 Å². The Kier molecular flexibility index (Phi) is 3.48. The molecule has 4 aliphatic carbocycles. The van der Waals surface area contributed by atoms with Crippen molar-refractivity contribution in [2.45, 2.75) is 82.0 Å². The number of fused-ring (bicyclic) bond motifs is 5. The van der Waals surface area contributed by atoms with Gasteiger partial charge in [-0.25, -0.2) is 0 Å². The topological polar surface area (TPSA) is 0 Å². The molecule has 0 nitrogen and oxygen atoms in total. The van der Waals surface area contributed by atoms with Crippen LogP contribution in [0.15, 0.2) is 0 Å². The first-order chi connectivity index (χ1) is 9.53. The number of rotatable bonds is 0. The summed E-state index contributed by atoms with van der Waals surface area (Å²) in [4.78, 5) is 0. The Morgan fingerprint density at radius 3 is 2.50 bits per heavy atom. The van der Waals surface area contributed by atoms with Crippen molar-refractivity contribution in [3.05, 3.63) is 0 Å². The summed E-state index contributed by atoms with van der Waals surface area (Å²) in [5.74, 6) is 4.34. The second-order valence-electron chi connectivity index (χ2n) is 9.12. The van der Waals surface area contributed by atoms with Crippen molar-refractivity contribution in [1.82, 2.24) is 0 Å². The molecule has 20 heavy (non-hydrogen) atoms. The number of halogens is 1. The molecule has 0 aromatic heterocycles. The highest BCUT2D eigenvalue weighted by atomic mass is 127. The van der Waals surface area contributed by atoms with Crippen LogP contribution in [0, 0.1) is 34.5 Å². The molecule has 0 aromatic carbocycles. The average Bonchev–Trinajstić information content (AvgIpc) is 2.79. The predicted octanol–water partition coefficient (Wildman–Crippen LogP) is 6.22. The van der Waals surface area contributed by atoms with E-state index in [1.807, 2.05) is 0 Å². The fourth-order valence-electron chi connectivity index (χ4n) is 7.28. The molecular formula is C19H31I. The third-order valence-corrected chi connectivity index (χ3v) is 9.40. The van der Waals surface area contributed by atoms with E-state index in [1.165, 1.54) is 32.1 Å². The standard InChI is InChI=1S/C19H31I/c1-18-10-3-4-16(18)15-8-6-13-5-7-14(20)12-19(13,2)17(15)9-11-18/h13-17H,3-12H2,1-2H3/t13?,14?,15-,16-,17+,18-,19-/m0/s1. The van der Waals surface area contributed by atoms with Crippen LogP contribution in [-0.4, -0.2) is 3.92 Å². The summed E-state index contributed by atoms with van der Waals surface area (Å²) < 4.78 is 0.962. The Morgan fingerprint density at radius 1 is 0.850 bits per heavy atom. The van der Waals surface area contributed by atoms with Crippen LogP contribution in [0.5, 0.6) is 0 Å². The second kappa shape index (κ2) is 4.86. The highest BCUT2D eigenvalue weighted by Crippen LogP contribution is 2.66. The number of alkyl halides is 1. The van der Waals surface area contributed by atoms with Crippen molar-refractivity contribution in [2.75, 3.05) is 0 Å². The van der Waals surface area contributed by atoms with E-state index in [2.05, 4.69) is 36.4 Å². The summed E-state index contributed by atoms with van der Waals surface area (Å²) in [6.07, 6.45) is 15.4. The summed E-state index contributed by atoms with van der Waals surface area (Å²) in [5.41, 5.74) is 1.44. The molecule has 7 atom stereocenters. The lowest BCUT2D eigenvalue weighted by molar-refractivity contribution is -0.101. The maximum atomic E-state index is 2.75. The maximum Gasteiger partial charge on any atom is 0.0115 e. The van der Waals surface area contributed by atoms with E-state index < -0.39 is 0 Å². The lowest BCUT2D eigenvalue weighted by Crippen LogP contribution is -2.53. The van der Waals surface area contributed by atoms with Gasteiger partial charge in [-0.15, -0.1) is 0 Å². The van der Waals surface area contributed by atoms with Gasteiger partial charge in [-0.1, -0.05) is 42.9 Å². The Balaban J connectivity index is 1.64. The van der Waals surface area contributed by atoms with E-state index in [0.717, 1.165) is 33.0 Å². The smallest absolute Gasteiger partial charge is 0.0115 e. The molecule has 2 unspecified atom stereocenters. The number of hydrogen-bond acceptors (Lipinski definition) is 0. The largest absolute Gasteiger partial charge is 0.0826 e. The van der Waals surface area contributed by atoms with Gasteiger partial charge in [0.2, 0.25) is 0 Å². The lowest BCUT2D eigenvalue weighted by atomic mass is 9.45. The van der Waals surface area contributed by atoms with Gasteiger partial charge in [0.1, 0.15) is 0 Å². The van der Waals surface area contributed by atoms with Gasteiger partial charge >= 0.3 is 0 Å². The first kappa shape index (κ1) is 14.3. The van der Waals surface area contributed by atoms with Crippen molar-refractivity contribution >= 4 is 22.6 Å². The third-order valence-electron chi connectivity index (χ3n) is 8.34. The highest BCUT2D eigenvalue weighted by molar-refractivity contribution is 14.1. The molecule has 1 heteroatoms. The SMILES string of the molecule is C[C@@]12CCC[C@H]1[C@@H]1CCC3CCC(I)C[C@]3(C)[C@@H]1CC2. The molecule has 0 aliphatic heterocycles. The van der Waals surface area contributed by atoms with Gasteiger partial charge in [0.25, 0.3) is 0 Å². The summed E-state index contributed by atoms with van der Waals surface area (Å²) in [5, 5.41) is 0. The summed E-state index contributed by atoms with van der Waals surface area (Å²) in [6, 6.07) is 0. The predicted molar refractivity (Wildman–Crippen MR) is 94.2 cm³/mol. The van der Waals surface area contributed by atoms with Crippen LogP contribution in [0.2, 0.25) is 0 Å². The van der Waals surface area contributed by atoms with Crippen molar-refractivity contribution in [3.63, 3.8) is 0 Å². The molecule has 0 radical (unpaired) electrons. The van der Waals surface area contributed by atoms with E-state index in [-0.39, 0.29) is 0 Å². The minimum absolute atomic E-state index is 0.705. The van der Waals surface area contributed by atoms with Crippen LogP contribution in [0.3, 0.4) is 0 Å². The van der Waals surface area contributed by atoms with Gasteiger partial charge in [0.15, 0.2) is 0 Å². The number of hydrogen-bond donors (Lipinski definition) is 0. The monoisotopic (exact) mass is 386 g/mol. The van der Waals surface area contributed by atoms with E-state index in [9.17, 15) is 0 Å². The molecule has 0 heterocycles. The highest BCUT2D eigenvalue weighted by Gasteiger charge is 2.57. The van der Waals surface area contributed by atoms with Crippen LogP contribution in [0.25, 0.3) is 0 Å². The molecule has 0 spiro atoms. The second-order valence-corrected chi connectivity index (χ2v) is 10.9. The summed E-state index contributed by atoms with van der Waals surface area (Å²) in [6.45, 7) is 5.34. The molecule has 4 fully saturated rings. The minimum Gasteiger partial charge on any atom is -0.0826 e. The third kappa shape index (κ3) is 1.97. The molecule has 0 bridgehead atoms. The van der Waals surface area contributed by atoms with Crippen molar-refractivity contribution in [2.24, 2.45) is 34.5 Å². The van der Waals surface area contributed by atoms with Crippen LogP contribution in [0.4, 0.5) is 0 Å². The Morgan fingerprint density at radius 2 is 1.65 bits per heavy atom. The minimum atomic E-state index is 0.705. The van der Waals surface area contributed by atoms with Gasteiger partial charge in [-0.05, 0) is 92.3 Å². The molecule has 4 saturated carbocycles. The molecule has 0 saturated heterocycles. The Bertz CT molecular complexity index is 391. The van der Waals surface area contributed by atoms with Crippen LogP contribution in [-0.2, 0) is 0 Å². The van der Waals surface area contributed by atoms with Gasteiger partial charge in [-0.3, -0.25) is 0 Å². The van der Waals surface area contributed by atoms with Crippen LogP contribution >= 0.6 is 22.6 Å². The molecule has 0 aromatic rings. The molecule has 4 aliphatic rings. The zero-order chi connectivity index (χ0) is 14.0. The van der Waals surface area contributed by atoms with E-state index >= 15 is 0 Å². The lowest BCUT2D eigenvalue weighted by Gasteiger charge is -2.60. The zero-order valence-corrected chi connectivity index (χ0v) is 15.5. The van der Waals surface area contributed by atoms with E-state index in [1.54, 1.807) is 32.1 Å². The van der Waals surface area contributed by atoms with E-state index in [0.29, 0.717) is 5.41 Å². The van der Waals surface area contributed by atoms with Crippen molar-refractivity contribution < 1.29 is 0 Å². The first-order valence-electron chi connectivity index (χ1n) is 9.17. The molecule has 114 valence electrons. The van der Waals surface area contributed by atoms with E-state index in [4.69, 9.17) is 0 Å². The van der Waals surface area contributed by atoms with Crippen molar-refractivity contribution in [3.8, 4) is 0 Å². The fourth-order valence-corrected chi connectivity index (χ4v) is 8.59. The quantitative estimate of drug-likeness (QED) is 0.342. The summed E-state index contributed by atoms with van der Waals surface area (Å²) in [7, 11) is 0. The van der Waals surface area contributed by atoms with Crippen LogP contribution in [0.1, 0.15) is 78.1 Å². The molecule has 4 rings (SSSR count). The van der Waals surface area contributed by atoms with Gasteiger partial charge < -0.3 is 0 Å². The normalized spacial score (nSPS) is 58.6. The fraction of sp³-hybridized carbons (Fsp3) is 1.00. The average molecular weight is 386 g/mol. The Hall–Kier alpha value is 0.730. The van der Waals surface area contributed by atoms with Gasteiger partial charge in [0, 0.05) is 3.92 Å². The van der Waals surface area contributed by atoms with Crippen LogP contribution < -0.4 is 0 Å². The van der Waals surface area contributed by atoms with Gasteiger partial charge in [-0.2, -0.15) is 0 Å². The van der Waals surface area contributed by atoms with Gasteiger partial charge in [0.05, 0.1) is 0 Å². The maximum absolute atomic E-state index is 2.75. The first-order valence-corrected chi connectivity index (χ1v) is 10.4. The zero-order valence-electron chi connectivity index (χ0n) is 13.3. The molecule has 0 amide bonds. The molecular weight excluding hydrogens is 355 g/mol.